The number of para-hydroxylation sites is 2. The van der Waals surface area contributed by atoms with Gasteiger partial charge in [0, 0.05) is 17.5 Å². The third kappa shape index (κ3) is 5.52. The first kappa shape index (κ1) is 22.4. The molecule has 2 aromatic heterocycles. The molecule has 9 heteroatoms. The number of fused-ring (bicyclic) bond motifs is 1. The number of H-pyrrole nitrogens is 1. The summed E-state index contributed by atoms with van der Waals surface area (Å²) < 4.78 is 0. The van der Waals surface area contributed by atoms with Gasteiger partial charge < -0.3 is 20.9 Å². The molecule has 4 N–H and O–H groups in total. The molecule has 1 aliphatic rings. The van der Waals surface area contributed by atoms with E-state index in [1.54, 1.807) is 0 Å². The van der Waals surface area contributed by atoms with Crippen molar-refractivity contribution in [3.05, 3.63) is 46.2 Å². The Kier molecular flexibility index (Phi) is 7.16. The second kappa shape index (κ2) is 10.2. The molecule has 1 aromatic carbocycles. The number of aromatic amines is 1. The predicted octanol–water partition coefficient (Wildman–Crippen LogP) is 3.47. The van der Waals surface area contributed by atoms with E-state index in [4.69, 9.17) is 0 Å². The van der Waals surface area contributed by atoms with Crippen molar-refractivity contribution in [2.45, 2.75) is 51.6 Å². The van der Waals surface area contributed by atoms with Gasteiger partial charge in [0.2, 0.25) is 5.91 Å². The Morgan fingerprint density at radius 1 is 1.19 bits per heavy atom. The van der Waals surface area contributed by atoms with Gasteiger partial charge in [-0.25, -0.2) is 9.97 Å². The molecule has 1 fully saturated rings. The maximum atomic E-state index is 13.0. The number of carbonyl (C=O) groups excluding carboxylic acids is 2. The minimum atomic E-state index is -0.763. The zero-order valence-corrected chi connectivity index (χ0v) is 19.3. The number of piperidine rings is 1. The van der Waals surface area contributed by atoms with Crippen LogP contribution in [0, 0.1) is 5.92 Å². The summed E-state index contributed by atoms with van der Waals surface area (Å²) in [6, 6.07) is 7.62. The molecule has 1 saturated heterocycles. The largest absolute Gasteiger partial charge is 0.339 e. The Labute approximate surface area is 191 Å². The van der Waals surface area contributed by atoms with Crippen molar-refractivity contribution in [2.75, 3.05) is 13.1 Å². The van der Waals surface area contributed by atoms with Crippen molar-refractivity contribution in [3.8, 4) is 0 Å². The number of rotatable bonds is 8. The number of nitrogens with one attached hydrogen (secondary N) is 4. The van der Waals surface area contributed by atoms with Crippen molar-refractivity contribution in [1.82, 2.24) is 30.9 Å². The van der Waals surface area contributed by atoms with E-state index in [9.17, 15) is 9.59 Å². The Morgan fingerprint density at radius 3 is 2.72 bits per heavy atom. The van der Waals surface area contributed by atoms with E-state index in [2.05, 4.69) is 44.7 Å². The minimum Gasteiger partial charge on any atom is -0.339 e. The zero-order valence-electron chi connectivity index (χ0n) is 18.5. The lowest BCUT2D eigenvalue weighted by Crippen LogP contribution is -2.41. The standard InChI is InChI=1S/C23H30N6O2S/c1-14(2)7-8-19(30)28-21(20-26-16-5-3-4-6-17(16)27-20)29-22(31)23-25-13-18(32-23)15-9-11-24-12-10-15/h3-6,13-15,21,24H,7-12H2,1-2H3,(H,26,27)(H,28,30)(H,29,31). The number of aromatic nitrogens is 3. The Balaban J connectivity index is 1.50. The third-order valence-electron chi connectivity index (χ3n) is 5.67. The van der Waals surface area contributed by atoms with E-state index in [0.29, 0.717) is 29.1 Å². The molecule has 32 heavy (non-hydrogen) atoms. The molecule has 1 aliphatic heterocycles. The summed E-state index contributed by atoms with van der Waals surface area (Å²) in [6.45, 7) is 6.13. The lowest BCUT2D eigenvalue weighted by atomic mass is 9.97. The zero-order chi connectivity index (χ0) is 22.5. The highest BCUT2D eigenvalue weighted by Crippen LogP contribution is 2.29. The maximum absolute atomic E-state index is 13.0. The van der Waals surface area contributed by atoms with Gasteiger partial charge in [-0.1, -0.05) is 26.0 Å². The van der Waals surface area contributed by atoms with Crippen LogP contribution in [0.4, 0.5) is 0 Å². The first-order valence-electron chi connectivity index (χ1n) is 11.2. The van der Waals surface area contributed by atoms with Crippen molar-refractivity contribution in [2.24, 2.45) is 5.92 Å². The number of benzene rings is 1. The van der Waals surface area contributed by atoms with Crippen LogP contribution < -0.4 is 16.0 Å². The average Bonchev–Trinajstić information content (AvgIpc) is 3.45. The van der Waals surface area contributed by atoms with Gasteiger partial charge in [-0.3, -0.25) is 9.59 Å². The highest BCUT2D eigenvalue weighted by Gasteiger charge is 2.24. The molecule has 2 amide bonds. The molecule has 170 valence electrons. The number of thiazole rings is 1. The van der Waals surface area contributed by atoms with E-state index in [1.807, 2.05) is 30.5 Å². The van der Waals surface area contributed by atoms with Crippen LogP contribution >= 0.6 is 11.3 Å². The van der Waals surface area contributed by atoms with E-state index < -0.39 is 6.17 Å². The third-order valence-corrected chi connectivity index (χ3v) is 6.83. The van der Waals surface area contributed by atoms with Gasteiger partial charge >= 0.3 is 0 Å². The Morgan fingerprint density at radius 2 is 1.97 bits per heavy atom. The van der Waals surface area contributed by atoms with Crippen LogP contribution in [0.15, 0.2) is 30.5 Å². The fraction of sp³-hybridized carbons (Fsp3) is 0.478. The molecule has 0 bridgehead atoms. The number of imidazole rings is 1. The Bertz CT molecular complexity index is 1040. The van der Waals surface area contributed by atoms with E-state index in [-0.39, 0.29) is 11.8 Å². The number of nitrogens with zero attached hydrogens (tertiary/aromatic N) is 2. The summed E-state index contributed by atoms with van der Waals surface area (Å²) in [7, 11) is 0. The molecule has 1 atom stereocenters. The Hall–Kier alpha value is -2.78. The van der Waals surface area contributed by atoms with Crippen LogP contribution in [0.25, 0.3) is 11.0 Å². The highest BCUT2D eigenvalue weighted by atomic mass is 32.1. The summed E-state index contributed by atoms with van der Waals surface area (Å²) in [5.74, 6) is 0.914. The van der Waals surface area contributed by atoms with E-state index in [0.717, 1.165) is 48.3 Å². The van der Waals surface area contributed by atoms with Crippen LogP contribution in [-0.2, 0) is 4.79 Å². The van der Waals surface area contributed by atoms with Crippen LogP contribution in [0.1, 0.15) is 72.1 Å². The smallest absolute Gasteiger partial charge is 0.282 e. The fourth-order valence-electron chi connectivity index (χ4n) is 3.81. The monoisotopic (exact) mass is 454 g/mol. The number of hydrogen-bond acceptors (Lipinski definition) is 6. The minimum absolute atomic E-state index is 0.126. The van der Waals surface area contributed by atoms with E-state index >= 15 is 0 Å². The molecular weight excluding hydrogens is 424 g/mol. The van der Waals surface area contributed by atoms with Crippen molar-refractivity contribution < 1.29 is 9.59 Å². The lowest BCUT2D eigenvalue weighted by molar-refractivity contribution is -0.122. The molecule has 0 spiro atoms. The van der Waals surface area contributed by atoms with Gasteiger partial charge in [0.1, 0.15) is 0 Å². The maximum Gasteiger partial charge on any atom is 0.282 e. The van der Waals surface area contributed by atoms with Gasteiger partial charge in [-0.15, -0.1) is 11.3 Å². The molecule has 0 saturated carbocycles. The molecule has 8 nitrogen and oxygen atoms in total. The molecule has 0 aliphatic carbocycles. The van der Waals surface area contributed by atoms with Gasteiger partial charge in [-0.2, -0.15) is 0 Å². The number of hydrogen-bond donors (Lipinski definition) is 4. The van der Waals surface area contributed by atoms with Crippen molar-refractivity contribution in [1.29, 1.82) is 0 Å². The lowest BCUT2D eigenvalue weighted by Gasteiger charge is -2.20. The molecule has 0 radical (unpaired) electrons. The first-order valence-corrected chi connectivity index (χ1v) is 12.0. The molecular formula is C23H30N6O2S. The van der Waals surface area contributed by atoms with Gasteiger partial charge in [-0.05, 0) is 56.3 Å². The van der Waals surface area contributed by atoms with Crippen LogP contribution in [0.5, 0.6) is 0 Å². The first-order chi connectivity index (χ1) is 15.5. The van der Waals surface area contributed by atoms with Crippen LogP contribution in [-0.4, -0.2) is 39.9 Å². The van der Waals surface area contributed by atoms with Crippen LogP contribution in [0.2, 0.25) is 0 Å². The fourth-order valence-corrected chi connectivity index (χ4v) is 4.80. The van der Waals surface area contributed by atoms with Gasteiger partial charge in [0.25, 0.3) is 5.91 Å². The average molecular weight is 455 g/mol. The summed E-state index contributed by atoms with van der Waals surface area (Å²) in [6.07, 6.45) is 4.32. The molecule has 3 aromatic rings. The summed E-state index contributed by atoms with van der Waals surface area (Å²) in [4.78, 5) is 38.9. The quantitative estimate of drug-likeness (QED) is 0.390. The topological polar surface area (TPSA) is 112 Å². The summed E-state index contributed by atoms with van der Waals surface area (Å²) >= 11 is 1.43. The summed E-state index contributed by atoms with van der Waals surface area (Å²) in [5, 5.41) is 9.60. The molecule has 3 heterocycles. The highest BCUT2D eigenvalue weighted by molar-refractivity contribution is 7.13. The number of carbonyl (C=O) groups is 2. The SMILES string of the molecule is CC(C)CCC(=O)NC(NC(=O)c1ncc(C2CCNCC2)s1)c1nc2ccccc2[nH]1. The van der Waals surface area contributed by atoms with E-state index in [1.165, 1.54) is 11.3 Å². The summed E-state index contributed by atoms with van der Waals surface area (Å²) in [5.41, 5.74) is 1.63. The normalized spacial score (nSPS) is 15.7. The van der Waals surface area contributed by atoms with Crippen molar-refractivity contribution in [3.63, 3.8) is 0 Å². The second-order valence-electron chi connectivity index (χ2n) is 8.64. The number of amides is 2. The van der Waals surface area contributed by atoms with Crippen molar-refractivity contribution >= 4 is 34.2 Å². The molecule has 1 unspecified atom stereocenters. The van der Waals surface area contributed by atoms with Crippen LogP contribution in [0.3, 0.4) is 0 Å². The predicted molar refractivity (Wildman–Crippen MR) is 125 cm³/mol. The van der Waals surface area contributed by atoms with Gasteiger partial charge in [0.15, 0.2) is 17.0 Å². The molecule has 4 rings (SSSR count). The van der Waals surface area contributed by atoms with Gasteiger partial charge in [0.05, 0.1) is 11.0 Å². The second-order valence-corrected chi connectivity index (χ2v) is 9.70.